The van der Waals surface area contributed by atoms with Crippen LogP contribution in [0.5, 0.6) is 0 Å². The van der Waals surface area contributed by atoms with Gasteiger partial charge in [-0.05, 0) is 71.3 Å². The first kappa shape index (κ1) is 16.8. The van der Waals surface area contributed by atoms with Crippen LogP contribution in [0.25, 0.3) is 0 Å². The predicted molar refractivity (Wildman–Crippen MR) is 87.0 cm³/mol. The van der Waals surface area contributed by atoms with Gasteiger partial charge in [0.2, 0.25) is 5.91 Å². The number of rotatable bonds is 8. The molecule has 1 aliphatic carbocycles. The summed E-state index contributed by atoms with van der Waals surface area (Å²) >= 11 is 0. The van der Waals surface area contributed by atoms with Crippen LogP contribution in [0.3, 0.4) is 0 Å². The summed E-state index contributed by atoms with van der Waals surface area (Å²) in [4.78, 5) is 14.3. The van der Waals surface area contributed by atoms with E-state index < -0.39 is 5.54 Å². The molecule has 3 atom stereocenters. The van der Waals surface area contributed by atoms with Crippen molar-refractivity contribution in [2.24, 2.45) is 11.7 Å². The van der Waals surface area contributed by atoms with E-state index in [1.165, 1.54) is 32.2 Å². The second-order valence-corrected chi connectivity index (χ2v) is 7.60. The number of amides is 1. The van der Waals surface area contributed by atoms with Crippen molar-refractivity contribution in [3.8, 4) is 0 Å². The molecule has 1 heterocycles. The Morgan fingerprint density at radius 1 is 1.24 bits per heavy atom. The third-order valence-electron chi connectivity index (χ3n) is 5.26. The van der Waals surface area contributed by atoms with Crippen LogP contribution in [-0.2, 0) is 4.79 Å². The van der Waals surface area contributed by atoms with Gasteiger partial charge in [-0.1, -0.05) is 6.92 Å². The van der Waals surface area contributed by atoms with Crippen LogP contribution >= 0.6 is 0 Å². The van der Waals surface area contributed by atoms with E-state index in [0.717, 1.165) is 31.7 Å². The Morgan fingerprint density at radius 3 is 2.57 bits per heavy atom. The molecule has 1 aliphatic heterocycles. The molecular formula is C17H33N3O. The van der Waals surface area contributed by atoms with Gasteiger partial charge in [0.25, 0.3) is 0 Å². The zero-order valence-corrected chi connectivity index (χ0v) is 14.0. The van der Waals surface area contributed by atoms with Crippen LogP contribution in [0.1, 0.15) is 65.7 Å². The zero-order chi connectivity index (χ0) is 15.5. The summed E-state index contributed by atoms with van der Waals surface area (Å²) in [6.45, 7) is 9.05. The largest absolute Gasteiger partial charge is 0.368 e. The minimum Gasteiger partial charge on any atom is -0.368 e. The number of carbonyl (C=O) groups excluding carboxylic acids is 1. The minimum absolute atomic E-state index is 0.200. The zero-order valence-electron chi connectivity index (χ0n) is 14.0. The van der Waals surface area contributed by atoms with Crippen LogP contribution in [0.15, 0.2) is 0 Å². The molecule has 122 valence electrons. The van der Waals surface area contributed by atoms with Gasteiger partial charge in [-0.15, -0.1) is 0 Å². The standard InChI is InChI=1S/C17H33N3O/c1-13-6-7-14(2)20(12-13)11-5-4-10-17(3,16(18)21)19-15-8-9-15/h13-15,19H,4-12H2,1-3H3,(H2,18,21). The van der Waals surface area contributed by atoms with Gasteiger partial charge in [0.1, 0.15) is 0 Å². The number of nitrogens with one attached hydrogen (secondary N) is 1. The molecule has 1 amide bonds. The van der Waals surface area contributed by atoms with Gasteiger partial charge in [0.05, 0.1) is 5.54 Å². The number of carbonyl (C=O) groups is 1. The Morgan fingerprint density at radius 2 is 1.95 bits per heavy atom. The SMILES string of the molecule is CC1CCC(C)N(CCCCC(C)(NC2CC2)C(N)=O)C1. The van der Waals surface area contributed by atoms with Crippen molar-refractivity contribution in [2.75, 3.05) is 13.1 Å². The number of unbranched alkanes of at least 4 members (excludes halogenated alkanes) is 1. The van der Waals surface area contributed by atoms with Crippen molar-refractivity contribution in [3.63, 3.8) is 0 Å². The summed E-state index contributed by atoms with van der Waals surface area (Å²) in [5.41, 5.74) is 5.09. The van der Waals surface area contributed by atoms with Crippen molar-refractivity contribution >= 4 is 5.91 Å². The summed E-state index contributed by atoms with van der Waals surface area (Å²) in [6, 6.07) is 1.23. The van der Waals surface area contributed by atoms with E-state index in [1.807, 2.05) is 6.92 Å². The molecule has 0 radical (unpaired) electrons. The van der Waals surface area contributed by atoms with Crippen molar-refractivity contribution in [2.45, 2.75) is 83.3 Å². The van der Waals surface area contributed by atoms with E-state index in [4.69, 9.17) is 5.73 Å². The first-order valence-corrected chi connectivity index (χ1v) is 8.72. The molecule has 2 aliphatic rings. The smallest absolute Gasteiger partial charge is 0.237 e. The molecule has 0 aromatic carbocycles. The Bertz CT molecular complexity index is 356. The molecule has 4 nitrogen and oxygen atoms in total. The van der Waals surface area contributed by atoms with Gasteiger partial charge < -0.3 is 16.0 Å². The van der Waals surface area contributed by atoms with Gasteiger partial charge in [-0.3, -0.25) is 4.79 Å². The van der Waals surface area contributed by atoms with Crippen molar-refractivity contribution in [1.29, 1.82) is 0 Å². The normalized spacial score (nSPS) is 30.0. The van der Waals surface area contributed by atoms with Crippen LogP contribution in [0, 0.1) is 5.92 Å². The Labute approximate surface area is 129 Å². The minimum atomic E-state index is -0.512. The molecule has 0 aromatic rings. The number of piperidine rings is 1. The number of hydrogen-bond acceptors (Lipinski definition) is 3. The summed E-state index contributed by atoms with van der Waals surface area (Å²) in [7, 11) is 0. The monoisotopic (exact) mass is 295 g/mol. The first-order valence-electron chi connectivity index (χ1n) is 8.72. The molecule has 0 spiro atoms. The molecule has 1 saturated carbocycles. The molecule has 2 fully saturated rings. The van der Waals surface area contributed by atoms with E-state index in [0.29, 0.717) is 12.1 Å². The topological polar surface area (TPSA) is 58.4 Å². The Kier molecular flexibility index (Phi) is 5.67. The number of primary amides is 1. The van der Waals surface area contributed by atoms with Gasteiger partial charge in [-0.2, -0.15) is 0 Å². The molecule has 0 bridgehead atoms. The van der Waals surface area contributed by atoms with Crippen molar-refractivity contribution in [1.82, 2.24) is 10.2 Å². The van der Waals surface area contributed by atoms with E-state index in [2.05, 4.69) is 24.1 Å². The van der Waals surface area contributed by atoms with Crippen LogP contribution in [0.4, 0.5) is 0 Å². The maximum Gasteiger partial charge on any atom is 0.237 e. The fourth-order valence-electron chi connectivity index (χ4n) is 3.43. The van der Waals surface area contributed by atoms with E-state index >= 15 is 0 Å². The van der Waals surface area contributed by atoms with Crippen molar-refractivity contribution < 1.29 is 4.79 Å². The van der Waals surface area contributed by atoms with Gasteiger partial charge in [0.15, 0.2) is 0 Å². The molecule has 3 unspecified atom stereocenters. The molecule has 0 aromatic heterocycles. The van der Waals surface area contributed by atoms with Gasteiger partial charge in [-0.25, -0.2) is 0 Å². The molecule has 21 heavy (non-hydrogen) atoms. The lowest BCUT2D eigenvalue weighted by molar-refractivity contribution is -0.124. The average molecular weight is 295 g/mol. The molecule has 4 heteroatoms. The second-order valence-electron chi connectivity index (χ2n) is 7.60. The first-order chi connectivity index (χ1) is 9.90. The van der Waals surface area contributed by atoms with E-state index in [-0.39, 0.29) is 5.91 Å². The highest BCUT2D eigenvalue weighted by atomic mass is 16.1. The Hall–Kier alpha value is -0.610. The fourth-order valence-corrected chi connectivity index (χ4v) is 3.43. The molecule has 2 rings (SSSR count). The summed E-state index contributed by atoms with van der Waals surface area (Å²) in [6.07, 6.45) is 8.14. The lowest BCUT2D eigenvalue weighted by Crippen LogP contribution is -2.54. The quantitative estimate of drug-likeness (QED) is 0.675. The third kappa shape index (κ3) is 4.96. The average Bonchev–Trinajstić information content (AvgIpc) is 3.22. The summed E-state index contributed by atoms with van der Waals surface area (Å²) < 4.78 is 0. The van der Waals surface area contributed by atoms with Gasteiger partial charge >= 0.3 is 0 Å². The maximum absolute atomic E-state index is 11.7. The number of hydrogen-bond donors (Lipinski definition) is 2. The number of nitrogens with zero attached hydrogens (tertiary/aromatic N) is 1. The highest BCUT2D eigenvalue weighted by molar-refractivity contribution is 5.84. The van der Waals surface area contributed by atoms with Gasteiger partial charge in [0, 0.05) is 18.6 Å². The lowest BCUT2D eigenvalue weighted by atomic mass is 9.92. The highest BCUT2D eigenvalue weighted by Gasteiger charge is 2.36. The van der Waals surface area contributed by atoms with E-state index in [1.54, 1.807) is 0 Å². The molecular weight excluding hydrogens is 262 g/mol. The van der Waals surface area contributed by atoms with E-state index in [9.17, 15) is 4.79 Å². The van der Waals surface area contributed by atoms with Crippen molar-refractivity contribution in [3.05, 3.63) is 0 Å². The van der Waals surface area contributed by atoms with Crippen LogP contribution in [0.2, 0.25) is 0 Å². The predicted octanol–water partition coefficient (Wildman–Crippen LogP) is 2.27. The van der Waals surface area contributed by atoms with Crippen LogP contribution < -0.4 is 11.1 Å². The number of likely N-dealkylation sites (tertiary alicyclic amines) is 1. The Balaban J connectivity index is 1.70. The second kappa shape index (κ2) is 7.10. The fraction of sp³-hybridized carbons (Fsp3) is 0.941. The number of nitrogens with two attached hydrogens (primary N) is 1. The highest BCUT2D eigenvalue weighted by Crippen LogP contribution is 2.26. The third-order valence-corrected chi connectivity index (χ3v) is 5.26. The van der Waals surface area contributed by atoms with Crippen LogP contribution in [-0.4, -0.2) is 41.5 Å². The molecule has 1 saturated heterocycles. The molecule has 3 N–H and O–H groups in total. The summed E-state index contributed by atoms with van der Waals surface area (Å²) in [5.74, 6) is 0.628. The lowest BCUT2D eigenvalue weighted by Gasteiger charge is -2.37. The summed E-state index contributed by atoms with van der Waals surface area (Å²) in [5, 5.41) is 3.43. The maximum atomic E-state index is 11.7.